The molecule has 0 aromatic carbocycles. The first-order valence-corrected chi connectivity index (χ1v) is 8.67. The lowest BCUT2D eigenvalue weighted by Gasteiger charge is -2.21. The van der Waals surface area contributed by atoms with Crippen molar-refractivity contribution in [1.29, 1.82) is 0 Å². The quantitative estimate of drug-likeness (QED) is 0.741. The monoisotopic (exact) mass is 261 g/mol. The highest BCUT2D eigenvalue weighted by atomic mass is 32.2. The van der Waals surface area contributed by atoms with E-state index < -0.39 is 0 Å². The Labute approximate surface area is 108 Å². The zero-order chi connectivity index (χ0) is 11.1. The van der Waals surface area contributed by atoms with E-state index in [0.29, 0.717) is 6.10 Å². The summed E-state index contributed by atoms with van der Waals surface area (Å²) < 4.78 is 5.61. The first-order chi connectivity index (χ1) is 7.95. The van der Waals surface area contributed by atoms with Crippen molar-refractivity contribution in [3.63, 3.8) is 0 Å². The highest BCUT2D eigenvalue weighted by Crippen LogP contribution is 2.23. The summed E-state index contributed by atoms with van der Waals surface area (Å²) in [7, 11) is 0. The average molecular weight is 261 g/mol. The van der Waals surface area contributed by atoms with E-state index >= 15 is 0 Å². The molecule has 2 aliphatic rings. The fourth-order valence-corrected chi connectivity index (χ4v) is 4.89. The molecule has 4 heteroatoms. The van der Waals surface area contributed by atoms with Crippen LogP contribution in [0.5, 0.6) is 0 Å². The van der Waals surface area contributed by atoms with Crippen LogP contribution in [0.1, 0.15) is 25.7 Å². The molecule has 2 fully saturated rings. The van der Waals surface area contributed by atoms with Gasteiger partial charge in [-0.25, -0.2) is 0 Å². The normalized spacial score (nSPS) is 30.8. The fraction of sp³-hybridized carbons (Fsp3) is 1.00. The molecule has 0 aromatic rings. The molecule has 94 valence electrons. The first-order valence-electron chi connectivity index (χ1n) is 6.47. The van der Waals surface area contributed by atoms with Crippen LogP contribution < -0.4 is 5.32 Å². The summed E-state index contributed by atoms with van der Waals surface area (Å²) in [5.74, 6) is 4.02. The second-order valence-corrected chi connectivity index (χ2v) is 7.11. The molecule has 0 bridgehead atoms. The maximum absolute atomic E-state index is 5.61. The van der Waals surface area contributed by atoms with Crippen molar-refractivity contribution in [3.8, 4) is 0 Å². The predicted octanol–water partition coefficient (Wildman–Crippen LogP) is 2.38. The predicted molar refractivity (Wildman–Crippen MR) is 74.6 cm³/mol. The van der Waals surface area contributed by atoms with Gasteiger partial charge in [0.25, 0.3) is 0 Å². The van der Waals surface area contributed by atoms with Gasteiger partial charge in [0.1, 0.15) is 0 Å². The number of nitrogens with one attached hydrogen (secondary N) is 1. The Morgan fingerprint density at radius 1 is 1.31 bits per heavy atom. The second-order valence-electron chi connectivity index (χ2n) is 4.55. The summed E-state index contributed by atoms with van der Waals surface area (Å²) in [6.07, 6.45) is 5.65. The van der Waals surface area contributed by atoms with Crippen LogP contribution in [0.15, 0.2) is 0 Å². The van der Waals surface area contributed by atoms with E-state index in [0.717, 1.165) is 11.9 Å². The van der Waals surface area contributed by atoms with E-state index in [1.165, 1.54) is 56.0 Å². The van der Waals surface area contributed by atoms with Crippen LogP contribution in [0.25, 0.3) is 0 Å². The number of thioether (sulfide) groups is 2. The maximum Gasteiger partial charge on any atom is 0.0576 e. The smallest absolute Gasteiger partial charge is 0.0576 e. The first kappa shape index (κ1) is 13.1. The molecule has 0 radical (unpaired) electrons. The highest BCUT2D eigenvalue weighted by Gasteiger charge is 2.15. The van der Waals surface area contributed by atoms with Crippen molar-refractivity contribution in [3.05, 3.63) is 0 Å². The van der Waals surface area contributed by atoms with Crippen molar-refractivity contribution in [1.82, 2.24) is 5.32 Å². The zero-order valence-corrected chi connectivity index (χ0v) is 11.6. The third-order valence-corrected chi connectivity index (χ3v) is 6.01. The van der Waals surface area contributed by atoms with Crippen molar-refractivity contribution in [2.24, 2.45) is 0 Å². The van der Waals surface area contributed by atoms with E-state index in [4.69, 9.17) is 4.74 Å². The molecule has 2 heterocycles. The Bertz CT molecular complexity index is 180. The summed E-state index contributed by atoms with van der Waals surface area (Å²) in [4.78, 5) is 0. The van der Waals surface area contributed by atoms with Crippen molar-refractivity contribution < 1.29 is 4.74 Å². The molecule has 2 saturated heterocycles. The molecule has 0 aliphatic carbocycles. The maximum atomic E-state index is 5.61. The Morgan fingerprint density at radius 3 is 3.06 bits per heavy atom. The fourth-order valence-electron chi connectivity index (χ4n) is 2.24. The molecule has 16 heavy (non-hydrogen) atoms. The standard InChI is InChI=1S/C12H23NOS2/c1(3-11-4-2-6-14-11)5-13-9-12-10-15-7-8-16-12/h11-13H,1-10H2. The van der Waals surface area contributed by atoms with Gasteiger partial charge in [0.15, 0.2) is 0 Å². The summed E-state index contributed by atoms with van der Waals surface area (Å²) >= 11 is 4.24. The molecule has 2 rings (SSSR count). The molecule has 2 aliphatic heterocycles. The van der Waals surface area contributed by atoms with E-state index in [1.54, 1.807) is 0 Å². The minimum Gasteiger partial charge on any atom is -0.378 e. The van der Waals surface area contributed by atoms with Crippen LogP contribution in [0.3, 0.4) is 0 Å². The van der Waals surface area contributed by atoms with Crippen LogP contribution in [0.2, 0.25) is 0 Å². The molecule has 2 nitrogen and oxygen atoms in total. The lowest BCUT2D eigenvalue weighted by Crippen LogP contribution is -2.29. The van der Waals surface area contributed by atoms with Crippen LogP contribution in [-0.4, -0.2) is 48.3 Å². The Balaban J connectivity index is 1.42. The van der Waals surface area contributed by atoms with Gasteiger partial charge in [-0.1, -0.05) is 0 Å². The molecule has 0 aromatic heterocycles. The Hall–Kier alpha value is 0.620. The van der Waals surface area contributed by atoms with Gasteiger partial charge in [0.05, 0.1) is 6.10 Å². The minimum atomic E-state index is 0.571. The largest absolute Gasteiger partial charge is 0.378 e. The molecule has 0 saturated carbocycles. The Morgan fingerprint density at radius 2 is 2.31 bits per heavy atom. The molecule has 2 atom stereocenters. The van der Waals surface area contributed by atoms with Crippen molar-refractivity contribution >= 4 is 23.5 Å². The third-order valence-electron chi connectivity index (χ3n) is 3.16. The second kappa shape index (κ2) is 7.85. The summed E-state index contributed by atoms with van der Waals surface area (Å²) in [6.45, 7) is 3.36. The lowest BCUT2D eigenvalue weighted by atomic mass is 10.1. The average Bonchev–Trinajstić information content (AvgIpc) is 2.83. The molecular weight excluding hydrogens is 238 g/mol. The molecule has 0 amide bonds. The van der Waals surface area contributed by atoms with E-state index in [9.17, 15) is 0 Å². The van der Waals surface area contributed by atoms with Gasteiger partial charge in [-0.2, -0.15) is 23.5 Å². The van der Waals surface area contributed by atoms with Gasteiger partial charge in [0, 0.05) is 35.7 Å². The molecule has 0 spiro atoms. The van der Waals surface area contributed by atoms with Gasteiger partial charge in [-0.3, -0.25) is 0 Å². The number of hydrogen-bond acceptors (Lipinski definition) is 4. The van der Waals surface area contributed by atoms with E-state index in [1.807, 2.05) is 0 Å². The third kappa shape index (κ3) is 4.86. The number of rotatable bonds is 6. The Kier molecular flexibility index (Phi) is 6.41. The molecule has 1 N–H and O–H groups in total. The van der Waals surface area contributed by atoms with Crippen LogP contribution in [-0.2, 0) is 4.74 Å². The SMILES string of the molecule is C(CNCC1CSCCS1)CC1CCCO1. The van der Waals surface area contributed by atoms with Crippen LogP contribution in [0.4, 0.5) is 0 Å². The van der Waals surface area contributed by atoms with Crippen molar-refractivity contribution in [2.45, 2.75) is 37.0 Å². The molecular formula is C12H23NOS2. The van der Waals surface area contributed by atoms with Gasteiger partial charge in [0.2, 0.25) is 0 Å². The van der Waals surface area contributed by atoms with Crippen LogP contribution >= 0.6 is 23.5 Å². The topological polar surface area (TPSA) is 21.3 Å². The van der Waals surface area contributed by atoms with Gasteiger partial charge in [-0.15, -0.1) is 0 Å². The minimum absolute atomic E-state index is 0.571. The number of hydrogen-bond donors (Lipinski definition) is 1. The van der Waals surface area contributed by atoms with Crippen LogP contribution in [0, 0.1) is 0 Å². The number of ether oxygens (including phenoxy) is 1. The lowest BCUT2D eigenvalue weighted by molar-refractivity contribution is 0.102. The highest BCUT2D eigenvalue weighted by molar-refractivity contribution is 8.06. The summed E-state index contributed by atoms with van der Waals surface area (Å²) in [5, 5.41) is 4.44. The van der Waals surface area contributed by atoms with E-state index in [-0.39, 0.29) is 0 Å². The van der Waals surface area contributed by atoms with Gasteiger partial charge < -0.3 is 10.1 Å². The summed E-state index contributed by atoms with van der Waals surface area (Å²) in [5.41, 5.74) is 0. The van der Waals surface area contributed by atoms with Gasteiger partial charge >= 0.3 is 0 Å². The van der Waals surface area contributed by atoms with Crippen molar-refractivity contribution in [2.75, 3.05) is 37.0 Å². The summed E-state index contributed by atoms with van der Waals surface area (Å²) in [6, 6.07) is 0. The van der Waals surface area contributed by atoms with E-state index in [2.05, 4.69) is 28.8 Å². The van der Waals surface area contributed by atoms with Gasteiger partial charge in [-0.05, 0) is 32.2 Å². The zero-order valence-electron chi connectivity index (χ0n) is 9.95. The molecule has 2 unspecified atom stereocenters.